The number of benzene rings is 8. The van der Waals surface area contributed by atoms with E-state index in [1.165, 1.54) is 0 Å². The standard InChI is InChI=1S/C48H38Br4O7/c49-37-25-29-9-1-5-13-33(29)41(45(37)53)43-35-15-7-3-11-31(35)27-39(51)47(43)58-23-21-56-19-17-55-18-20-57-22-24-59-48-40(52)28-32-12-4-8-16-36(32)44(48)42-34-14-6-2-10-30(34)26-38(50)46(42)54/h1-16,25-28,53-54H,17-24H2. The summed E-state index contributed by atoms with van der Waals surface area (Å²) in [5, 5.41) is 30.6. The lowest BCUT2D eigenvalue weighted by Gasteiger charge is -2.20. The van der Waals surface area contributed by atoms with E-state index >= 15 is 0 Å². The first-order valence-corrected chi connectivity index (χ1v) is 22.2. The summed E-state index contributed by atoms with van der Waals surface area (Å²) in [6.07, 6.45) is 0. The summed E-state index contributed by atoms with van der Waals surface area (Å²) in [6, 6.07) is 40.1. The molecule has 8 rings (SSSR count). The van der Waals surface area contributed by atoms with E-state index in [9.17, 15) is 10.2 Å². The molecule has 0 unspecified atom stereocenters. The van der Waals surface area contributed by atoms with E-state index in [2.05, 4.69) is 63.7 Å². The van der Waals surface area contributed by atoms with Gasteiger partial charge in [-0.05, 0) is 131 Å². The fourth-order valence-corrected chi connectivity index (χ4v) is 9.43. The van der Waals surface area contributed by atoms with E-state index in [1.807, 2.05) is 121 Å². The van der Waals surface area contributed by atoms with Crippen LogP contribution in [0.3, 0.4) is 0 Å². The Labute approximate surface area is 375 Å². The molecule has 0 fully saturated rings. The minimum atomic E-state index is 0.153. The van der Waals surface area contributed by atoms with Gasteiger partial charge in [-0.2, -0.15) is 0 Å². The lowest BCUT2D eigenvalue weighted by atomic mass is 9.92. The molecule has 11 heteroatoms. The van der Waals surface area contributed by atoms with Gasteiger partial charge in [0.05, 0.1) is 57.5 Å². The van der Waals surface area contributed by atoms with E-state index in [4.69, 9.17) is 23.7 Å². The molecule has 2 N–H and O–H groups in total. The quantitative estimate of drug-likeness (QED) is 0.0933. The highest BCUT2D eigenvalue weighted by atomic mass is 79.9. The van der Waals surface area contributed by atoms with Crippen LogP contribution in [0.25, 0.3) is 65.3 Å². The number of fused-ring (bicyclic) bond motifs is 4. The van der Waals surface area contributed by atoms with Gasteiger partial charge in [0.15, 0.2) is 0 Å². The molecule has 0 aliphatic rings. The largest absolute Gasteiger partial charge is 0.506 e. The summed E-state index contributed by atoms with van der Waals surface area (Å²) in [7, 11) is 0. The highest BCUT2D eigenvalue weighted by molar-refractivity contribution is 9.11. The Morgan fingerprint density at radius 2 is 0.610 bits per heavy atom. The second kappa shape index (κ2) is 19.0. The first kappa shape index (κ1) is 41.5. The number of hydrogen-bond donors (Lipinski definition) is 2. The monoisotopic (exact) mass is 1040 g/mol. The molecule has 0 radical (unpaired) electrons. The van der Waals surface area contributed by atoms with Crippen LogP contribution in [-0.4, -0.2) is 63.1 Å². The lowest BCUT2D eigenvalue weighted by Crippen LogP contribution is -2.14. The van der Waals surface area contributed by atoms with Crippen LogP contribution in [0.2, 0.25) is 0 Å². The average molecular weight is 1050 g/mol. The van der Waals surface area contributed by atoms with Crippen molar-refractivity contribution in [2.75, 3.05) is 52.9 Å². The third-order valence-electron chi connectivity index (χ3n) is 10.1. The van der Waals surface area contributed by atoms with Gasteiger partial charge < -0.3 is 33.9 Å². The molecule has 0 amide bonds. The van der Waals surface area contributed by atoms with E-state index < -0.39 is 0 Å². The van der Waals surface area contributed by atoms with Gasteiger partial charge in [-0.25, -0.2) is 0 Å². The fourth-order valence-electron chi connectivity index (χ4n) is 7.43. The number of rotatable bonds is 16. The van der Waals surface area contributed by atoms with Gasteiger partial charge in [0.25, 0.3) is 0 Å². The predicted molar refractivity (Wildman–Crippen MR) is 251 cm³/mol. The van der Waals surface area contributed by atoms with Crippen LogP contribution in [0.4, 0.5) is 0 Å². The number of phenolic OH excluding ortho intramolecular Hbond substituents is 2. The van der Waals surface area contributed by atoms with Gasteiger partial charge in [-0.15, -0.1) is 0 Å². The van der Waals surface area contributed by atoms with E-state index in [1.54, 1.807) is 0 Å². The average Bonchev–Trinajstić information content (AvgIpc) is 3.24. The van der Waals surface area contributed by atoms with Gasteiger partial charge in [0.2, 0.25) is 0 Å². The van der Waals surface area contributed by atoms with Crippen molar-refractivity contribution in [3.8, 4) is 45.3 Å². The van der Waals surface area contributed by atoms with Crippen LogP contribution in [0.15, 0.2) is 139 Å². The number of ether oxygens (including phenoxy) is 5. The molecule has 8 aromatic rings. The third-order valence-corrected chi connectivity index (χ3v) is 12.4. The molecule has 0 aliphatic carbocycles. The summed E-state index contributed by atoms with van der Waals surface area (Å²) >= 11 is 14.6. The van der Waals surface area contributed by atoms with Gasteiger partial charge in [-0.3, -0.25) is 0 Å². The maximum Gasteiger partial charge on any atom is 0.142 e. The van der Waals surface area contributed by atoms with E-state index in [0.29, 0.717) is 84.4 Å². The highest BCUT2D eigenvalue weighted by Gasteiger charge is 2.24. The van der Waals surface area contributed by atoms with Crippen molar-refractivity contribution in [1.29, 1.82) is 0 Å². The Kier molecular flexibility index (Phi) is 13.4. The van der Waals surface area contributed by atoms with Crippen LogP contribution in [0.5, 0.6) is 23.0 Å². The van der Waals surface area contributed by atoms with Gasteiger partial charge in [0.1, 0.15) is 36.2 Å². The smallest absolute Gasteiger partial charge is 0.142 e. The highest BCUT2D eigenvalue weighted by Crippen LogP contribution is 2.52. The van der Waals surface area contributed by atoms with Crippen molar-refractivity contribution in [2.45, 2.75) is 0 Å². The first-order chi connectivity index (χ1) is 28.8. The second-order valence-corrected chi connectivity index (χ2v) is 17.1. The second-order valence-electron chi connectivity index (χ2n) is 13.7. The fraction of sp³-hybridized carbons (Fsp3) is 0.167. The third kappa shape index (κ3) is 8.84. The predicted octanol–water partition coefficient (Wildman–Crippen LogP) is 13.6. The minimum Gasteiger partial charge on any atom is -0.506 e. The van der Waals surface area contributed by atoms with Gasteiger partial charge in [-0.1, -0.05) is 97.1 Å². The molecular weight excluding hydrogens is 1010 g/mol. The summed E-state index contributed by atoms with van der Waals surface area (Å²) in [6.45, 7) is 2.89. The molecule has 8 aromatic carbocycles. The molecular formula is C48H38Br4O7. The zero-order valence-electron chi connectivity index (χ0n) is 31.7. The first-order valence-electron chi connectivity index (χ1n) is 19.0. The van der Waals surface area contributed by atoms with Crippen molar-refractivity contribution >= 4 is 107 Å². The van der Waals surface area contributed by atoms with E-state index in [-0.39, 0.29) is 11.5 Å². The number of hydrogen-bond acceptors (Lipinski definition) is 7. The van der Waals surface area contributed by atoms with Gasteiger partial charge in [0, 0.05) is 22.3 Å². The van der Waals surface area contributed by atoms with Crippen molar-refractivity contribution in [1.82, 2.24) is 0 Å². The number of phenols is 2. The molecule has 300 valence electrons. The molecule has 0 spiro atoms. The Morgan fingerprint density at radius 1 is 0.339 bits per heavy atom. The molecule has 0 atom stereocenters. The Hall–Kier alpha value is -4.20. The molecule has 0 saturated heterocycles. The van der Waals surface area contributed by atoms with Crippen molar-refractivity contribution < 1.29 is 33.9 Å². The van der Waals surface area contributed by atoms with Gasteiger partial charge >= 0.3 is 0 Å². The number of aromatic hydroxyl groups is 2. The Balaban J connectivity index is 0.831. The summed E-state index contributed by atoms with van der Waals surface area (Å²) in [5.74, 6) is 1.57. The van der Waals surface area contributed by atoms with Crippen molar-refractivity contribution in [2.24, 2.45) is 0 Å². The molecule has 7 nitrogen and oxygen atoms in total. The summed E-state index contributed by atoms with van der Waals surface area (Å²) in [4.78, 5) is 0. The topological polar surface area (TPSA) is 86.6 Å². The maximum absolute atomic E-state index is 11.4. The van der Waals surface area contributed by atoms with Crippen LogP contribution in [0, 0.1) is 0 Å². The molecule has 0 saturated carbocycles. The van der Waals surface area contributed by atoms with Crippen LogP contribution < -0.4 is 9.47 Å². The molecule has 0 aromatic heterocycles. The van der Waals surface area contributed by atoms with Crippen LogP contribution >= 0.6 is 63.7 Å². The maximum atomic E-state index is 11.4. The Bertz CT molecular complexity index is 2620. The normalized spacial score (nSPS) is 11.6. The van der Waals surface area contributed by atoms with Crippen molar-refractivity contribution in [3.05, 3.63) is 139 Å². The summed E-state index contributed by atoms with van der Waals surface area (Å²) in [5.41, 5.74) is 3.01. The number of halogens is 4. The Morgan fingerprint density at radius 3 is 0.949 bits per heavy atom. The summed E-state index contributed by atoms with van der Waals surface area (Å²) < 4.78 is 33.1. The van der Waals surface area contributed by atoms with Crippen molar-refractivity contribution in [3.63, 3.8) is 0 Å². The van der Waals surface area contributed by atoms with E-state index in [0.717, 1.165) is 63.2 Å². The SMILES string of the molecule is Oc1c(Br)cc2ccccc2c1-c1c(OCCOCCOCCOCCOc2c(Br)cc3ccccc3c2-c2c(O)c(Br)cc3ccccc23)c(Br)cc2ccccc12. The molecule has 0 heterocycles. The van der Waals surface area contributed by atoms with Crippen LogP contribution in [0.1, 0.15) is 0 Å². The van der Waals surface area contributed by atoms with Crippen LogP contribution in [-0.2, 0) is 14.2 Å². The minimum absolute atomic E-state index is 0.153. The zero-order chi connectivity index (χ0) is 40.9. The molecule has 0 bridgehead atoms. The lowest BCUT2D eigenvalue weighted by molar-refractivity contribution is 0.00499. The molecule has 59 heavy (non-hydrogen) atoms. The molecule has 0 aliphatic heterocycles. The zero-order valence-corrected chi connectivity index (χ0v) is 38.0.